The highest BCUT2D eigenvalue weighted by molar-refractivity contribution is 7.78. The number of rotatable bonds is 5. The first kappa shape index (κ1) is 16.6. The van der Waals surface area contributed by atoms with Crippen molar-refractivity contribution in [2.45, 2.75) is 5.75 Å². The second-order valence-electron chi connectivity index (χ2n) is 4.80. The van der Waals surface area contributed by atoms with Crippen molar-refractivity contribution in [3.05, 3.63) is 53.8 Å². The van der Waals surface area contributed by atoms with Crippen LogP contribution in [0.4, 0.5) is 0 Å². The second-order valence-corrected chi connectivity index (χ2v) is 6.05. The summed E-state index contributed by atoms with van der Waals surface area (Å²) in [5.74, 6) is 1.06. The minimum Gasteiger partial charge on any atom is -0.772 e. The van der Waals surface area contributed by atoms with E-state index in [1.54, 1.807) is 48.6 Å². The molecule has 7 nitrogen and oxygen atoms in total. The Kier molecular flexibility index (Phi) is 4.89. The normalized spacial score (nSPS) is 12.1. The van der Waals surface area contributed by atoms with Crippen molar-refractivity contribution in [1.29, 1.82) is 0 Å². The Morgan fingerprint density at radius 3 is 2.79 bits per heavy atom. The van der Waals surface area contributed by atoms with E-state index < -0.39 is 11.1 Å². The molecule has 0 saturated heterocycles. The van der Waals surface area contributed by atoms with Crippen molar-refractivity contribution >= 4 is 22.7 Å². The molecule has 0 fully saturated rings. The van der Waals surface area contributed by atoms with Gasteiger partial charge in [-0.3, -0.25) is 8.78 Å². The highest BCUT2D eigenvalue weighted by Gasteiger charge is 2.17. The van der Waals surface area contributed by atoms with Gasteiger partial charge in [0.05, 0.1) is 24.6 Å². The molecule has 0 spiro atoms. The van der Waals surface area contributed by atoms with E-state index in [1.807, 2.05) is 0 Å². The standard InChI is InChI=1S/C15H13ClN4O3S/c1-23-12-4-5-18-15(16)14(12)11-7-17-9-20(11)13-3-2-10(6-19-13)8-24(21)22/h2-7,9H,8H2,1H3,(H,21,22)/p-1. The van der Waals surface area contributed by atoms with Crippen LogP contribution in [-0.4, -0.2) is 35.4 Å². The summed E-state index contributed by atoms with van der Waals surface area (Å²) < 4.78 is 28.6. The van der Waals surface area contributed by atoms with Gasteiger partial charge in [0.15, 0.2) is 0 Å². The summed E-state index contributed by atoms with van der Waals surface area (Å²) in [5, 5.41) is 0.287. The third kappa shape index (κ3) is 3.30. The largest absolute Gasteiger partial charge is 0.772 e. The molecule has 1 unspecified atom stereocenters. The van der Waals surface area contributed by atoms with Crippen LogP contribution in [0.3, 0.4) is 0 Å². The van der Waals surface area contributed by atoms with Gasteiger partial charge in [0.25, 0.3) is 0 Å². The Morgan fingerprint density at radius 1 is 1.29 bits per heavy atom. The Labute approximate surface area is 145 Å². The molecule has 0 N–H and O–H groups in total. The number of methoxy groups -OCH3 is 1. The van der Waals surface area contributed by atoms with Gasteiger partial charge in [-0.25, -0.2) is 15.0 Å². The summed E-state index contributed by atoms with van der Waals surface area (Å²) in [7, 11) is 1.55. The lowest BCUT2D eigenvalue weighted by Gasteiger charge is -2.12. The fourth-order valence-corrected chi connectivity index (χ4v) is 2.95. The first-order chi connectivity index (χ1) is 11.6. The van der Waals surface area contributed by atoms with Crippen LogP contribution >= 0.6 is 11.6 Å². The van der Waals surface area contributed by atoms with Gasteiger partial charge in [0, 0.05) is 18.1 Å². The maximum absolute atomic E-state index is 10.8. The Bertz CT molecular complexity index is 883. The molecule has 1 atom stereocenters. The lowest BCUT2D eigenvalue weighted by molar-refractivity contribution is 0.415. The van der Waals surface area contributed by atoms with Crippen molar-refractivity contribution < 1.29 is 13.5 Å². The molecular weight excluding hydrogens is 352 g/mol. The lowest BCUT2D eigenvalue weighted by Crippen LogP contribution is -2.02. The molecule has 0 aliphatic carbocycles. The van der Waals surface area contributed by atoms with Gasteiger partial charge < -0.3 is 9.29 Å². The summed E-state index contributed by atoms with van der Waals surface area (Å²) in [4.78, 5) is 12.5. The number of imidazole rings is 1. The van der Waals surface area contributed by atoms with Gasteiger partial charge in [-0.1, -0.05) is 28.7 Å². The lowest BCUT2D eigenvalue weighted by atomic mass is 10.2. The number of hydrogen-bond acceptors (Lipinski definition) is 6. The van der Waals surface area contributed by atoms with Crippen LogP contribution < -0.4 is 4.74 Å². The van der Waals surface area contributed by atoms with Crippen molar-refractivity contribution in [2.24, 2.45) is 0 Å². The molecular formula is C15H12ClN4O3S-. The van der Waals surface area contributed by atoms with Crippen LogP contribution in [-0.2, 0) is 16.8 Å². The molecule has 0 aliphatic rings. The SMILES string of the molecule is COc1ccnc(Cl)c1-c1cncn1-c1ccc(CS(=O)[O-])cn1. The van der Waals surface area contributed by atoms with Crippen LogP contribution in [0.25, 0.3) is 17.1 Å². The zero-order chi connectivity index (χ0) is 17.1. The number of hydrogen-bond donors (Lipinski definition) is 0. The maximum Gasteiger partial charge on any atom is 0.142 e. The molecule has 3 aromatic rings. The Morgan fingerprint density at radius 2 is 2.12 bits per heavy atom. The first-order valence-electron chi connectivity index (χ1n) is 6.82. The highest BCUT2D eigenvalue weighted by Crippen LogP contribution is 2.35. The van der Waals surface area contributed by atoms with Gasteiger partial charge >= 0.3 is 0 Å². The van der Waals surface area contributed by atoms with Gasteiger partial charge in [-0.15, -0.1) is 0 Å². The van der Waals surface area contributed by atoms with Gasteiger partial charge in [0.1, 0.15) is 23.0 Å². The Balaban J connectivity index is 2.04. The third-order valence-electron chi connectivity index (χ3n) is 3.32. The summed E-state index contributed by atoms with van der Waals surface area (Å²) in [6.07, 6.45) is 6.29. The van der Waals surface area contributed by atoms with Crippen LogP contribution in [0.1, 0.15) is 5.56 Å². The average Bonchev–Trinajstić information content (AvgIpc) is 3.03. The summed E-state index contributed by atoms with van der Waals surface area (Å²) in [5.41, 5.74) is 1.87. The van der Waals surface area contributed by atoms with E-state index in [1.165, 1.54) is 6.20 Å². The summed E-state index contributed by atoms with van der Waals surface area (Å²) >= 11 is 4.07. The van der Waals surface area contributed by atoms with Crippen LogP contribution in [0.15, 0.2) is 43.1 Å². The van der Waals surface area contributed by atoms with Crippen molar-refractivity contribution in [2.75, 3.05) is 7.11 Å². The third-order valence-corrected chi connectivity index (χ3v) is 4.18. The van der Waals surface area contributed by atoms with Gasteiger partial charge in [-0.2, -0.15) is 0 Å². The van der Waals surface area contributed by atoms with Crippen molar-refractivity contribution in [1.82, 2.24) is 19.5 Å². The zero-order valence-electron chi connectivity index (χ0n) is 12.5. The molecule has 9 heteroatoms. The van der Waals surface area contributed by atoms with E-state index in [-0.39, 0.29) is 10.9 Å². The minimum atomic E-state index is -2.15. The number of halogens is 1. The number of aromatic nitrogens is 4. The molecule has 0 radical (unpaired) electrons. The maximum atomic E-state index is 10.8. The fraction of sp³-hybridized carbons (Fsp3) is 0.133. The average molecular weight is 364 g/mol. The second kappa shape index (κ2) is 7.08. The number of ether oxygens (including phenoxy) is 1. The molecule has 24 heavy (non-hydrogen) atoms. The fourth-order valence-electron chi connectivity index (χ4n) is 2.27. The van der Waals surface area contributed by atoms with Gasteiger partial charge in [0.2, 0.25) is 0 Å². The first-order valence-corrected chi connectivity index (χ1v) is 8.44. The van der Waals surface area contributed by atoms with Gasteiger partial charge in [-0.05, 0) is 17.7 Å². The highest BCUT2D eigenvalue weighted by atomic mass is 35.5. The topological polar surface area (TPSA) is 93.0 Å². The summed E-state index contributed by atoms with van der Waals surface area (Å²) in [6.45, 7) is 0. The molecule has 0 aliphatic heterocycles. The molecule has 0 bridgehead atoms. The van der Waals surface area contributed by atoms with E-state index >= 15 is 0 Å². The quantitative estimate of drug-likeness (QED) is 0.510. The number of nitrogens with zero attached hydrogens (tertiary/aromatic N) is 4. The van der Waals surface area contributed by atoms with Crippen LogP contribution in [0.5, 0.6) is 5.75 Å². The van der Waals surface area contributed by atoms with Crippen molar-refractivity contribution in [3.8, 4) is 22.8 Å². The number of pyridine rings is 2. The Hall–Kier alpha value is -2.29. The van der Waals surface area contributed by atoms with E-state index in [2.05, 4.69) is 15.0 Å². The predicted molar refractivity (Wildman–Crippen MR) is 88.8 cm³/mol. The smallest absolute Gasteiger partial charge is 0.142 e. The minimum absolute atomic E-state index is 0.0771. The molecule has 124 valence electrons. The monoisotopic (exact) mass is 363 g/mol. The molecule has 3 rings (SSSR count). The van der Waals surface area contributed by atoms with E-state index in [0.717, 1.165) is 0 Å². The predicted octanol–water partition coefficient (Wildman–Crippen LogP) is 2.37. The molecule has 0 saturated carbocycles. The van der Waals surface area contributed by atoms with E-state index in [0.29, 0.717) is 28.4 Å². The summed E-state index contributed by atoms with van der Waals surface area (Å²) in [6, 6.07) is 5.12. The molecule has 0 aromatic carbocycles. The molecule has 0 amide bonds. The van der Waals surface area contributed by atoms with Crippen molar-refractivity contribution in [3.63, 3.8) is 0 Å². The molecule has 3 aromatic heterocycles. The molecule has 3 heterocycles. The van der Waals surface area contributed by atoms with Crippen LogP contribution in [0, 0.1) is 0 Å². The van der Waals surface area contributed by atoms with Crippen LogP contribution in [0.2, 0.25) is 5.15 Å². The zero-order valence-corrected chi connectivity index (χ0v) is 14.1. The van der Waals surface area contributed by atoms with E-state index in [4.69, 9.17) is 16.3 Å². The van der Waals surface area contributed by atoms with E-state index in [9.17, 15) is 8.76 Å².